The first kappa shape index (κ1) is 9.86. The number of hydrogen-bond acceptors (Lipinski definition) is 3. The Balaban J connectivity index is 2.49. The van der Waals surface area contributed by atoms with E-state index in [-0.39, 0.29) is 6.04 Å². The van der Waals surface area contributed by atoms with Gasteiger partial charge in [0.15, 0.2) is 0 Å². The molecule has 72 valence electrons. The van der Waals surface area contributed by atoms with Crippen molar-refractivity contribution in [2.45, 2.75) is 13.0 Å². The van der Waals surface area contributed by atoms with Crippen LogP contribution in [0, 0.1) is 0 Å². The molecule has 0 aromatic heterocycles. The Bertz CT molecular complexity index is 244. The van der Waals surface area contributed by atoms with Crippen molar-refractivity contribution in [2.24, 2.45) is 5.73 Å². The molecule has 0 aliphatic rings. The van der Waals surface area contributed by atoms with Gasteiger partial charge >= 0.3 is 0 Å². The largest absolute Gasteiger partial charge is 0.497 e. The van der Waals surface area contributed by atoms with Crippen molar-refractivity contribution in [3.05, 3.63) is 24.3 Å². The average molecular weight is 180 g/mol. The molecule has 3 heteroatoms. The quantitative estimate of drug-likeness (QED) is 0.737. The molecule has 0 fully saturated rings. The number of methoxy groups -OCH3 is 1. The van der Waals surface area contributed by atoms with Crippen molar-refractivity contribution in [1.82, 2.24) is 0 Å². The number of nitrogens with one attached hydrogen (secondary N) is 1. The highest BCUT2D eigenvalue weighted by atomic mass is 16.5. The highest BCUT2D eigenvalue weighted by molar-refractivity contribution is 5.46. The normalized spacial score (nSPS) is 12.2. The Hall–Kier alpha value is -1.22. The van der Waals surface area contributed by atoms with Crippen LogP contribution in [-0.2, 0) is 0 Å². The topological polar surface area (TPSA) is 47.3 Å². The number of hydrogen-bond donors (Lipinski definition) is 2. The van der Waals surface area contributed by atoms with Crippen LogP contribution >= 0.6 is 0 Å². The molecule has 0 aliphatic heterocycles. The van der Waals surface area contributed by atoms with Gasteiger partial charge in [0.05, 0.1) is 7.11 Å². The van der Waals surface area contributed by atoms with Crippen LogP contribution in [0.1, 0.15) is 6.92 Å². The molecule has 0 unspecified atom stereocenters. The van der Waals surface area contributed by atoms with Crippen molar-refractivity contribution in [3.63, 3.8) is 0 Å². The van der Waals surface area contributed by atoms with Crippen molar-refractivity contribution in [3.8, 4) is 5.75 Å². The van der Waals surface area contributed by atoms with Gasteiger partial charge in [0.2, 0.25) is 0 Å². The zero-order valence-corrected chi connectivity index (χ0v) is 8.08. The van der Waals surface area contributed by atoms with Crippen LogP contribution < -0.4 is 15.8 Å². The maximum atomic E-state index is 5.61. The van der Waals surface area contributed by atoms with E-state index in [1.54, 1.807) is 7.11 Å². The molecule has 0 saturated carbocycles. The van der Waals surface area contributed by atoms with Gasteiger partial charge in [0.25, 0.3) is 0 Å². The number of rotatable bonds is 4. The van der Waals surface area contributed by atoms with Crippen LogP contribution in [0.25, 0.3) is 0 Å². The van der Waals surface area contributed by atoms with Crippen LogP contribution in [0.5, 0.6) is 5.75 Å². The lowest BCUT2D eigenvalue weighted by Crippen LogP contribution is -2.25. The van der Waals surface area contributed by atoms with Crippen LogP contribution in [-0.4, -0.2) is 19.7 Å². The average Bonchev–Trinajstić information content (AvgIpc) is 2.15. The smallest absolute Gasteiger partial charge is 0.119 e. The van der Waals surface area contributed by atoms with E-state index in [1.165, 1.54) is 0 Å². The van der Waals surface area contributed by atoms with Gasteiger partial charge in [-0.25, -0.2) is 0 Å². The zero-order valence-electron chi connectivity index (χ0n) is 8.08. The van der Waals surface area contributed by atoms with Crippen molar-refractivity contribution >= 4 is 5.69 Å². The minimum atomic E-state index is 0.169. The summed E-state index contributed by atoms with van der Waals surface area (Å²) in [4.78, 5) is 0. The Kier molecular flexibility index (Phi) is 3.58. The second-order valence-corrected chi connectivity index (χ2v) is 3.09. The molecule has 0 spiro atoms. The summed E-state index contributed by atoms with van der Waals surface area (Å²) in [5.41, 5.74) is 6.68. The van der Waals surface area contributed by atoms with E-state index in [1.807, 2.05) is 31.2 Å². The third kappa shape index (κ3) is 3.34. The number of anilines is 1. The summed E-state index contributed by atoms with van der Waals surface area (Å²) in [6, 6.07) is 7.96. The van der Waals surface area contributed by atoms with Crippen molar-refractivity contribution in [2.75, 3.05) is 19.0 Å². The Morgan fingerprint density at radius 3 is 2.46 bits per heavy atom. The van der Waals surface area contributed by atoms with Gasteiger partial charge in [-0.3, -0.25) is 0 Å². The molecule has 1 aromatic carbocycles. The summed E-state index contributed by atoms with van der Waals surface area (Å²) in [7, 11) is 1.66. The van der Waals surface area contributed by atoms with E-state index < -0.39 is 0 Å². The van der Waals surface area contributed by atoms with E-state index in [4.69, 9.17) is 10.5 Å². The highest BCUT2D eigenvalue weighted by Gasteiger charge is 1.95. The molecule has 1 rings (SSSR count). The monoisotopic (exact) mass is 180 g/mol. The lowest BCUT2D eigenvalue weighted by atomic mass is 10.3. The molecule has 0 saturated heterocycles. The predicted octanol–water partition coefficient (Wildman–Crippen LogP) is 1.45. The highest BCUT2D eigenvalue weighted by Crippen LogP contribution is 2.14. The van der Waals surface area contributed by atoms with E-state index in [2.05, 4.69) is 5.32 Å². The van der Waals surface area contributed by atoms with Gasteiger partial charge in [-0.2, -0.15) is 0 Å². The number of nitrogens with two attached hydrogens (primary N) is 1. The number of ether oxygens (including phenoxy) is 1. The fourth-order valence-electron chi connectivity index (χ4n) is 0.988. The van der Waals surface area contributed by atoms with Gasteiger partial charge in [-0.05, 0) is 31.2 Å². The summed E-state index contributed by atoms with van der Waals surface area (Å²) < 4.78 is 5.04. The molecule has 0 radical (unpaired) electrons. The summed E-state index contributed by atoms with van der Waals surface area (Å²) in [6.45, 7) is 2.75. The lowest BCUT2D eigenvalue weighted by Gasteiger charge is -2.09. The Morgan fingerprint density at radius 2 is 2.00 bits per heavy atom. The molecule has 13 heavy (non-hydrogen) atoms. The maximum Gasteiger partial charge on any atom is 0.119 e. The summed E-state index contributed by atoms with van der Waals surface area (Å²) >= 11 is 0. The van der Waals surface area contributed by atoms with Crippen LogP contribution in [0.4, 0.5) is 5.69 Å². The fourth-order valence-corrected chi connectivity index (χ4v) is 0.988. The molecule has 3 N–H and O–H groups in total. The first-order valence-electron chi connectivity index (χ1n) is 4.36. The third-order valence-corrected chi connectivity index (χ3v) is 1.72. The molecule has 0 amide bonds. The fraction of sp³-hybridized carbons (Fsp3) is 0.400. The third-order valence-electron chi connectivity index (χ3n) is 1.72. The maximum absolute atomic E-state index is 5.61. The second-order valence-electron chi connectivity index (χ2n) is 3.09. The van der Waals surface area contributed by atoms with E-state index in [0.29, 0.717) is 0 Å². The summed E-state index contributed by atoms with van der Waals surface area (Å²) in [5.74, 6) is 0.867. The minimum Gasteiger partial charge on any atom is -0.497 e. The van der Waals surface area contributed by atoms with Crippen LogP contribution in [0.2, 0.25) is 0 Å². The van der Waals surface area contributed by atoms with Crippen LogP contribution in [0.3, 0.4) is 0 Å². The standard InChI is InChI=1S/C10H16N2O/c1-8(11)7-12-9-3-5-10(13-2)6-4-9/h3-6,8,12H,7,11H2,1-2H3/t8-/m1/s1. The molecule has 0 bridgehead atoms. The van der Waals surface area contributed by atoms with Gasteiger partial charge in [0.1, 0.15) is 5.75 Å². The van der Waals surface area contributed by atoms with Gasteiger partial charge < -0.3 is 15.8 Å². The number of benzene rings is 1. The summed E-state index contributed by atoms with van der Waals surface area (Å²) in [5, 5.41) is 3.21. The molecule has 1 aromatic rings. The van der Waals surface area contributed by atoms with Gasteiger partial charge in [0, 0.05) is 18.3 Å². The second kappa shape index (κ2) is 4.72. The van der Waals surface area contributed by atoms with Crippen molar-refractivity contribution in [1.29, 1.82) is 0 Å². The van der Waals surface area contributed by atoms with Crippen molar-refractivity contribution < 1.29 is 4.74 Å². The van der Waals surface area contributed by atoms with E-state index in [0.717, 1.165) is 18.0 Å². The minimum absolute atomic E-state index is 0.169. The zero-order chi connectivity index (χ0) is 9.68. The van der Waals surface area contributed by atoms with E-state index in [9.17, 15) is 0 Å². The molecular weight excluding hydrogens is 164 g/mol. The Morgan fingerprint density at radius 1 is 1.38 bits per heavy atom. The predicted molar refractivity (Wildman–Crippen MR) is 55.1 cm³/mol. The Labute approximate surface area is 78.9 Å². The first-order chi connectivity index (χ1) is 6.22. The van der Waals surface area contributed by atoms with Crippen LogP contribution in [0.15, 0.2) is 24.3 Å². The lowest BCUT2D eigenvalue weighted by molar-refractivity contribution is 0.415. The molecule has 0 heterocycles. The van der Waals surface area contributed by atoms with Gasteiger partial charge in [-0.1, -0.05) is 0 Å². The first-order valence-corrected chi connectivity index (χ1v) is 4.36. The molecule has 0 aliphatic carbocycles. The molecule has 3 nitrogen and oxygen atoms in total. The van der Waals surface area contributed by atoms with Gasteiger partial charge in [-0.15, -0.1) is 0 Å². The molecule has 1 atom stereocenters. The van der Waals surface area contributed by atoms with E-state index >= 15 is 0 Å². The SMILES string of the molecule is COc1ccc(NC[C@@H](C)N)cc1. The molecular formula is C10H16N2O. The summed E-state index contributed by atoms with van der Waals surface area (Å²) in [6.07, 6.45) is 0.